The number of halogens is 1. The zero-order valence-corrected chi connectivity index (χ0v) is 16.1. The van der Waals surface area contributed by atoms with Crippen LogP contribution in [0.1, 0.15) is 37.5 Å². The number of aromatic nitrogens is 2. The summed E-state index contributed by atoms with van der Waals surface area (Å²) in [6.45, 7) is 7.42. The molecule has 1 aromatic carbocycles. The van der Waals surface area contributed by atoms with E-state index in [1.165, 1.54) is 0 Å². The summed E-state index contributed by atoms with van der Waals surface area (Å²) >= 11 is 3.32. The molecule has 0 saturated heterocycles. The maximum Gasteiger partial charge on any atom is 0.410 e. The maximum atomic E-state index is 12.2. The van der Waals surface area contributed by atoms with Gasteiger partial charge in [-0.1, -0.05) is 18.2 Å². The van der Waals surface area contributed by atoms with Gasteiger partial charge in [0, 0.05) is 32.0 Å². The fraction of sp³-hybridized carbons (Fsp3) is 0.389. The van der Waals surface area contributed by atoms with Gasteiger partial charge in [0.25, 0.3) is 0 Å². The predicted octanol–water partition coefficient (Wildman–Crippen LogP) is 4.10. The molecule has 6 nitrogen and oxygen atoms in total. The Balaban J connectivity index is 1.62. The highest BCUT2D eigenvalue weighted by Crippen LogP contribution is 2.26. The highest BCUT2D eigenvalue weighted by molar-refractivity contribution is 9.10. The van der Waals surface area contributed by atoms with Crippen LogP contribution in [-0.4, -0.2) is 26.6 Å². The Labute approximate surface area is 155 Å². The van der Waals surface area contributed by atoms with Crippen molar-refractivity contribution in [3.63, 3.8) is 0 Å². The van der Waals surface area contributed by atoms with E-state index in [2.05, 4.69) is 49.4 Å². The van der Waals surface area contributed by atoms with Crippen LogP contribution in [0, 0.1) is 0 Å². The van der Waals surface area contributed by atoms with Crippen molar-refractivity contribution < 1.29 is 9.53 Å². The van der Waals surface area contributed by atoms with Crippen molar-refractivity contribution in [2.45, 2.75) is 46.0 Å². The summed E-state index contributed by atoms with van der Waals surface area (Å²) in [5, 5.41) is 3.20. The van der Waals surface area contributed by atoms with Gasteiger partial charge in [-0.3, -0.25) is 4.90 Å². The quantitative estimate of drug-likeness (QED) is 0.833. The molecule has 1 N–H and O–H groups in total. The van der Waals surface area contributed by atoms with Crippen LogP contribution in [0.4, 0.5) is 10.7 Å². The number of hydrogen-bond donors (Lipinski definition) is 1. The summed E-state index contributed by atoms with van der Waals surface area (Å²) in [4.78, 5) is 22.3. The summed E-state index contributed by atoms with van der Waals surface area (Å²) in [6, 6.07) is 6.24. The number of nitrogens with one attached hydrogen (secondary N) is 1. The number of rotatable bonds is 3. The van der Waals surface area contributed by atoms with Crippen molar-refractivity contribution in [1.82, 2.24) is 14.9 Å². The Morgan fingerprint density at radius 2 is 1.92 bits per heavy atom. The van der Waals surface area contributed by atoms with Gasteiger partial charge < -0.3 is 10.1 Å². The lowest BCUT2D eigenvalue weighted by molar-refractivity contribution is 0.0242. The molecule has 2 heterocycles. The third-order valence-electron chi connectivity index (χ3n) is 3.72. The maximum absolute atomic E-state index is 12.2. The monoisotopic (exact) mass is 404 g/mol. The van der Waals surface area contributed by atoms with E-state index in [4.69, 9.17) is 4.74 Å². The Morgan fingerprint density at radius 3 is 2.60 bits per heavy atom. The Kier molecular flexibility index (Phi) is 4.94. The molecule has 0 radical (unpaired) electrons. The molecule has 0 fully saturated rings. The number of anilines is 1. The van der Waals surface area contributed by atoms with Crippen LogP contribution in [-0.2, 0) is 24.4 Å². The van der Waals surface area contributed by atoms with Crippen LogP contribution in [0.25, 0.3) is 0 Å². The van der Waals surface area contributed by atoms with Gasteiger partial charge in [0.2, 0.25) is 5.95 Å². The van der Waals surface area contributed by atoms with E-state index in [-0.39, 0.29) is 6.09 Å². The van der Waals surface area contributed by atoms with E-state index in [1.807, 2.05) is 20.8 Å². The zero-order valence-electron chi connectivity index (χ0n) is 14.5. The molecular weight excluding hydrogens is 384 g/mol. The Morgan fingerprint density at radius 1 is 1.24 bits per heavy atom. The number of benzene rings is 1. The molecule has 1 aliphatic rings. The van der Waals surface area contributed by atoms with Crippen molar-refractivity contribution in [2.24, 2.45) is 0 Å². The van der Waals surface area contributed by atoms with E-state index in [9.17, 15) is 4.79 Å². The van der Waals surface area contributed by atoms with Gasteiger partial charge >= 0.3 is 6.09 Å². The number of carbonyl (C=O) groups is 1. The van der Waals surface area contributed by atoms with Crippen molar-refractivity contribution in [2.75, 3.05) is 5.32 Å². The van der Waals surface area contributed by atoms with E-state index >= 15 is 0 Å². The van der Waals surface area contributed by atoms with Gasteiger partial charge in [0.15, 0.2) is 0 Å². The third-order valence-corrected chi connectivity index (χ3v) is 4.13. The van der Waals surface area contributed by atoms with E-state index in [0.717, 1.165) is 21.2 Å². The molecule has 2 aromatic rings. The normalized spacial score (nSPS) is 13.5. The average Bonchev–Trinajstić information content (AvgIpc) is 2.96. The third kappa shape index (κ3) is 4.69. The predicted molar refractivity (Wildman–Crippen MR) is 99.0 cm³/mol. The van der Waals surface area contributed by atoms with Gasteiger partial charge in [-0.25, -0.2) is 14.8 Å². The van der Waals surface area contributed by atoms with Gasteiger partial charge in [-0.2, -0.15) is 0 Å². The first-order chi connectivity index (χ1) is 11.8. The molecular formula is C18H21BrN4O2. The van der Waals surface area contributed by atoms with Crippen LogP contribution in [0.3, 0.4) is 0 Å². The molecule has 1 amide bonds. The minimum atomic E-state index is -0.481. The van der Waals surface area contributed by atoms with Crippen LogP contribution < -0.4 is 5.32 Å². The summed E-state index contributed by atoms with van der Waals surface area (Å²) in [5.41, 5.74) is 2.96. The summed E-state index contributed by atoms with van der Waals surface area (Å²) in [7, 11) is 0. The van der Waals surface area contributed by atoms with Crippen molar-refractivity contribution in [3.8, 4) is 0 Å². The molecule has 0 aliphatic carbocycles. The Hall–Kier alpha value is -2.15. The molecule has 0 bridgehead atoms. The summed E-state index contributed by atoms with van der Waals surface area (Å²) in [6.07, 6.45) is 3.14. The second-order valence-electron chi connectivity index (χ2n) is 7.02. The number of nitrogens with zero attached hydrogens (tertiary/aromatic N) is 3. The summed E-state index contributed by atoms with van der Waals surface area (Å²) < 4.78 is 6.30. The molecule has 25 heavy (non-hydrogen) atoms. The Bertz CT molecular complexity index is 772. The number of carbonyl (C=O) groups excluding carboxylic acids is 1. The summed E-state index contributed by atoms with van der Waals surface area (Å²) in [5.74, 6) is 0.582. The van der Waals surface area contributed by atoms with Gasteiger partial charge in [-0.15, -0.1) is 0 Å². The minimum absolute atomic E-state index is 0.272. The molecule has 1 aromatic heterocycles. The van der Waals surface area contributed by atoms with Crippen LogP contribution in [0.15, 0.2) is 35.1 Å². The van der Waals surface area contributed by atoms with Gasteiger partial charge in [0.05, 0.1) is 4.47 Å². The molecule has 0 unspecified atom stereocenters. The van der Waals surface area contributed by atoms with Crippen molar-refractivity contribution in [3.05, 3.63) is 51.8 Å². The highest BCUT2D eigenvalue weighted by atomic mass is 79.9. The molecule has 7 heteroatoms. The van der Waals surface area contributed by atoms with Crippen molar-refractivity contribution in [1.29, 1.82) is 0 Å². The number of amides is 1. The molecule has 3 rings (SSSR count). The fourth-order valence-corrected chi connectivity index (χ4v) is 2.80. The molecule has 0 spiro atoms. The lowest BCUT2D eigenvalue weighted by Gasteiger charge is -2.24. The first-order valence-corrected chi connectivity index (χ1v) is 8.89. The fourth-order valence-electron chi connectivity index (χ4n) is 2.60. The molecule has 0 saturated carbocycles. The first-order valence-electron chi connectivity index (χ1n) is 8.10. The van der Waals surface area contributed by atoms with E-state index in [0.29, 0.717) is 25.6 Å². The molecule has 132 valence electrons. The minimum Gasteiger partial charge on any atom is -0.444 e. The lowest BCUT2D eigenvalue weighted by atomic mass is 10.1. The number of hydrogen-bond acceptors (Lipinski definition) is 5. The zero-order chi connectivity index (χ0) is 18.0. The average molecular weight is 405 g/mol. The van der Waals surface area contributed by atoms with E-state index < -0.39 is 5.60 Å². The number of fused-ring (bicyclic) bond motifs is 1. The molecule has 1 aliphatic heterocycles. The van der Waals surface area contributed by atoms with Crippen LogP contribution in [0.5, 0.6) is 0 Å². The van der Waals surface area contributed by atoms with E-state index in [1.54, 1.807) is 17.3 Å². The van der Waals surface area contributed by atoms with Crippen molar-refractivity contribution >= 4 is 28.0 Å². The second-order valence-corrected chi connectivity index (χ2v) is 7.93. The second kappa shape index (κ2) is 7.00. The highest BCUT2D eigenvalue weighted by Gasteiger charge is 2.27. The largest absolute Gasteiger partial charge is 0.444 e. The van der Waals surface area contributed by atoms with Crippen LogP contribution >= 0.6 is 15.9 Å². The van der Waals surface area contributed by atoms with Gasteiger partial charge in [0.1, 0.15) is 5.60 Å². The SMILES string of the molecule is CC(C)(C)OC(=O)N1Cc2ccc(CNc3ncc(Br)cn3)cc2C1. The first kappa shape index (κ1) is 17.7. The van der Waals surface area contributed by atoms with Crippen LogP contribution in [0.2, 0.25) is 0 Å². The smallest absolute Gasteiger partial charge is 0.410 e. The standard InChI is InChI=1S/C18H21BrN4O2/c1-18(2,3)25-17(24)23-10-13-5-4-12(6-14(13)11-23)7-20-16-21-8-15(19)9-22-16/h4-6,8-9H,7,10-11H2,1-3H3,(H,20,21,22). The number of ether oxygens (including phenoxy) is 1. The molecule has 0 atom stereocenters. The van der Waals surface area contributed by atoms with Gasteiger partial charge in [-0.05, 0) is 53.4 Å². The lowest BCUT2D eigenvalue weighted by Crippen LogP contribution is -2.33. The topological polar surface area (TPSA) is 67.3 Å².